The van der Waals surface area contributed by atoms with Crippen LogP contribution in [-0.4, -0.2) is 40.0 Å². The average molecular weight is 376 g/mol. The van der Waals surface area contributed by atoms with Gasteiger partial charge < -0.3 is 14.9 Å². The molecule has 2 aromatic carbocycles. The highest BCUT2D eigenvalue weighted by Gasteiger charge is 2.14. The first-order valence-corrected chi connectivity index (χ1v) is 9.76. The topological polar surface area (TPSA) is 94.1 Å². The third kappa shape index (κ3) is 5.89. The van der Waals surface area contributed by atoms with Crippen LogP contribution in [-0.2, 0) is 19.5 Å². The lowest BCUT2D eigenvalue weighted by molar-refractivity contribution is -0.120. The molecule has 0 aliphatic heterocycles. The summed E-state index contributed by atoms with van der Waals surface area (Å²) in [5.41, 5.74) is 0.996. The molecule has 2 aromatic rings. The van der Waals surface area contributed by atoms with Crippen LogP contribution in [0.3, 0.4) is 0 Å². The summed E-state index contributed by atoms with van der Waals surface area (Å²) >= 11 is 0. The summed E-state index contributed by atoms with van der Waals surface area (Å²) in [7, 11) is -3.44. The molecule has 2 rings (SSSR count). The second-order valence-electron chi connectivity index (χ2n) is 5.33. The van der Waals surface area contributed by atoms with Gasteiger partial charge in [-0.15, -0.1) is 0 Å². The quantitative estimate of drug-likeness (QED) is 0.564. The number of carbonyl (C=O) groups is 1. The number of nitrogens with one attached hydrogen (secondary N) is 1. The number of oxime groups is 1. The Morgan fingerprint density at radius 1 is 1.15 bits per heavy atom. The minimum absolute atomic E-state index is 0.0474. The van der Waals surface area contributed by atoms with E-state index >= 15 is 0 Å². The summed E-state index contributed by atoms with van der Waals surface area (Å²) in [6.45, 7) is 2.16. The van der Waals surface area contributed by atoms with E-state index in [4.69, 9.17) is 9.57 Å². The number of benzene rings is 2. The van der Waals surface area contributed by atoms with E-state index in [9.17, 15) is 13.2 Å². The second-order valence-corrected chi connectivity index (χ2v) is 7.31. The summed E-state index contributed by atoms with van der Waals surface area (Å²) in [4.78, 5) is 16.9. The van der Waals surface area contributed by atoms with Gasteiger partial charge in [0.05, 0.1) is 23.4 Å². The molecule has 0 heterocycles. The molecule has 26 heavy (non-hydrogen) atoms. The minimum atomic E-state index is -3.44. The average Bonchev–Trinajstić information content (AvgIpc) is 2.60. The number of amides is 1. The van der Waals surface area contributed by atoms with Gasteiger partial charge in [0.25, 0.3) is 5.91 Å². The van der Waals surface area contributed by atoms with E-state index in [2.05, 4.69) is 10.5 Å². The van der Waals surface area contributed by atoms with Gasteiger partial charge in [-0.25, -0.2) is 8.42 Å². The number of sulfone groups is 1. The van der Waals surface area contributed by atoms with Gasteiger partial charge in [-0.3, -0.25) is 4.79 Å². The van der Waals surface area contributed by atoms with Crippen LogP contribution in [0.25, 0.3) is 0 Å². The zero-order chi connectivity index (χ0) is 19.0. The van der Waals surface area contributed by atoms with E-state index < -0.39 is 15.7 Å². The lowest BCUT2D eigenvalue weighted by Gasteiger charge is -2.08. The molecule has 0 aliphatic carbocycles. The van der Waals surface area contributed by atoms with Crippen LogP contribution in [0.1, 0.15) is 12.5 Å². The van der Waals surface area contributed by atoms with Crippen molar-refractivity contribution in [2.75, 3.05) is 24.8 Å². The maximum atomic E-state index is 11.9. The number of carbonyl (C=O) groups excluding carboxylic acids is 1. The molecule has 0 bridgehead atoms. The molecular formula is C18H20N2O5S. The van der Waals surface area contributed by atoms with E-state index in [-0.39, 0.29) is 17.2 Å². The van der Waals surface area contributed by atoms with Crippen molar-refractivity contribution < 1.29 is 22.8 Å². The second kappa shape index (κ2) is 9.00. The molecule has 0 fully saturated rings. The molecule has 0 spiro atoms. The Morgan fingerprint density at radius 2 is 1.85 bits per heavy atom. The molecule has 0 unspecified atom stereocenters. The predicted molar refractivity (Wildman–Crippen MR) is 99.3 cm³/mol. The Bertz CT molecular complexity index is 877. The normalized spacial score (nSPS) is 11.3. The molecule has 1 N–H and O–H groups in total. The highest BCUT2D eigenvalue weighted by Crippen LogP contribution is 2.20. The van der Waals surface area contributed by atoms with Gasteiger partial charge in [0.15, 0.2) is 16.4 Å². The van der Waals surface area contributed by atoms with E-state index in [1.807, 2.05) is 6.92 Å². The van der Waals surface area contributed by atoms with Crippen molar-refractivity contribution in [1.29, 1.82) is 0 Å². The van der Waals surface area contributed by atoms with Crippen LogP contribution in [0.2, 0.25) is 0 Å². The zero-order valence-electron chi connectivity index (χ0n) is 14.5. The first-order chi connectivity index (χ1) is 12.4. The van der Waals surface area contributed by atoms with Crippen LogP contribution in [0.4, 0.5) is 5.69 Å². The summed E-state index contributed by atoms with van der Waals surface area (Å²) in [5, 5.41) is 6.23. The van der Waals surface area contributed by atoms with Gasteiger partial charge in [0.1, 0.15) is 5.75 Å². The summed E-state index contributed by atoms with van der Waals surface area (Å²) in [5.74, 6) is 0.249. The molecular weight excluding hydrogens is 356 g/mol. The van der Waals surface area contributed by atoms with Crippen LogP contribution in [0.15, 0.2) is 58.6 Å². The Hall–Kier alpha value is -2.87. The predicted octanol–water partition coefficient (Wildman–Crippen LogP) is 2.48. The summed E-state index contributed by atoms with van der Waals surface area (Å²) in [6, 6.07) is 13.4. The van der Waals surface area contributed by atoms with Crippen molar-refractivity contribution >= 4 is 27.6 Å². The number of anilines is 1. The summed E-state index contributed by atoms with van der Waals surface area (Å²) in [6.07, 6.45) is 2.54. The molecule has 0 saturated carbocycles. The fourth-order valence-corrected chi connectivity index (χ4v) is 2.93. The van der Waals surface area contributed by atoms with E-state index in [0.29, 0.717) is 6.61 Å². The van der Waals surface area contributed by atoms with Crippen molar-refractivity contribution in [3.05, 3.63) is 54.1 Å². The van der Waals surface area contributed by atoms with Crippen molar-refractivity contribution in [1.82, 2.24) is 0 Å². The zero-order valence-corrected chi connectivity index (χ0v) is 15.3. The Kier molecular flexibility index (Phi) is 6.74. The Morgan fingerprint density at radius 3 is 2.50 bits per heavy atom. The molecule has 8 heteroatoms. The monoisotopic (exact) mass is 376 g/mol. The third-order valence-corrected chi connectivity index (χ3v) is 4.38. The third-order valence-electron chi connectivity index (χ3n) is 3.22. The number of ether oxygens (including phenoxy) is 1. The van der Waals surface area contributed by atoms with Crippen molar-refractivity contribution in [2.45, 2.75) is 11.8 Å². The maximum Gasteiger partial charge on any atom is 0.265 e. The van der Waals surface area contributed by atoms with Gasteiger partial charge in [-0.1, -0.05) is 17.3 Å². The fourth-order valence-electron chi connectivity index (χ4n) is 2.09. The van der Waals surface area contributed by atoms with E-state index in [1.54, 1.807) is 36.4 Å². The molecule has 0 aromatic heterocycles. The summed E-state index contributed by atoms with van der Waals surface area (Å²) < 4.78 is 28.7. The number of nitrogens with zero attached hydrogens (tertiary/aromatic N) is 1. The van der Waals surface area contributed by atoms with Gasteiger partial charge in [0.2, 0.25) is 0 Å². The van der Waals surface area contributed by atoms with Crippen LogP contribution < -0.4 is 10.1 Å². The molecule has 1 amide bonds. The van der Waals surface area contributed by atoms with Gasteiger partial charge >= 0.3 is 0 Å². The smallest absolute Gasteiger partial charge is 0.265 e. The van der Waals surface area contributed by atoms with E-state index in [0.717, 1.165) is 17.6 Å². The van der Waals surface area contributed by atoms with Gasteiger partial charge in [-0.05, 0) is 48.9 Å². The van der Waals surface area contributed by atoms with Crippen LogP contribution >= 0.6 is 0 Å². The highest BCUT2D eigenvalue weighted by molar-refractivity contribution is 7.90. The van der Waals surface area contributed by atoms with Crippen molar-refractivity contribution in [2.24, 2.45) is 5.16 Å². The van der Waals surface area contributed by atoms with Crippen molar-refractivity contribution in [3.8, 4) is 5.75 Å². The molecule has 0 aliphatic rings. The number of para-hydroxylation sites is 1. The van der Waals surface area contributed by atoms with E-state index in [1.165, 1.54) is 18.3 Å². The number of hydrogen-bond acceptors (Lipinski definition) is 6. The largest absolute Gasteiger partial charge is 0.494 e. The number of rotatable bonds is 8. The lowest BCUT2D eigenvalue weighted by Crippen LogP contribution is -2.18. The molecule has 0 atom stereocenters. The van der Waals surface area contributed by atoms with Gasteiger partial charge in [0, 0.05) is 6.26 Å². The fraction of sp³-hybridized carbons (Fsp3) is 0.222. The Balaban J connectivity index is 1.88. The Labute approximate surface area is 152 Å². The molecule has 0 radical (unpaired) electrons. The van der Waals surface area contributed by atoms with Crippen molar-refractivity contribution in [3.63, 3.8) is 0 Å². The number of hydrogen-bond donors (Lipinski definition) is 1. The van der Waals surface area contributed by atoms with Gasteiger partial charge in [-0.2, -0.15) is 0 Å². The highest BCUT2D eigenvalue weighted by atomic mass is 32.2. The standard InChI is InChI=1S/C18H20N2O5S/c1-3-24-15-10-8-14(9-11-15)12-19-25-13-18(21)20-16-6-4-5-7-17(16)26(2,22)23/h4-12H,3,13H2,1-2H3,(H,20,21)/b19-12-. The lowest BCUT2D eigenvalue weighted by atomic mass is 10.2. The first kappa shape index (κ1) is 19.5. The molecule has 0 saturated heterocycles. The molecule has 7 nitrogen and oxygen atoms in total. The maximum absolute atomic E-state index is 11.9. The SMILES string of the molecule is CCOc1ccc(/C=N\OCC(=O)Nc2ccccc2S(C)(=O)=O)cc1. The van der Waals surface area contributed by atoms with Crippen LogP contribution in [0, 0.1) is 0 Å². The van der Waals surface area contributed by atoms with Crippen LogP contribution in [0.5, 0.6) is 5.75 Å². The molecule has 138 valence electrons. The minimum Gasteiger partial charge on any atom is -0.494 e. The first-order valence-electron chi connectivity index (χ1n) is 7.87.